The normalized spacial score (nSPS) is 10.3. The highest BCUT2D eigenvalue weighted by Gasteiger charge is 2.11. The van der Waals surface area contributed by atoms with Gasteiger partial charge in [-0.3, -0.25) is 9.59 Å². The fourth-order valence-corrected chi connectivity index (χ4v) is 2.70. The molecule has 0 unspecified atom stereocenters. The summed E-state index contributed by atoms with van der Waals surface area (Å²) in [4.78, 5) is 25.6. The van der Waals surface area contributed by atoms with Gasteiger partial charge in [0.05, 0.1) is 4.88 Å². The molecule has 2 aromatic rings. The number of ketones is 1. The Morgan fingerprint density at radius 2 is 1.80 bits per heavy atom. The summed E-state index contributed by atoms with van der Waals surface area (Å²) in [7, 11) is 0. The number of benzene rings is 1. The average Bonchev–Trinajstić information content (AvgIpc) is 2.85. The van der Waals surface area contributed by atoms with E-state index in [4.69, 9.17) is 0 Å². The second-order valence-electron chi connectivity index (χ2n) is 4.70. The maximum atomic E-state index is 11.9. The minimum Gasteiger partial charge on any atom is -0.326 e. The molecule has 0 fully saturated rings. The van der Waals surface area contributed by atoms with E-state index >= 15 is 0 Å². The molecule has 3 nitrogen and oxygen atoms in total. The minimum atomic E-state index is -0.124. The molecule has 0 spiro atoms. The number of para-hydroxylation sites is 1. The van der Waals surface area contributed by atoms with E-state index in [2.05, 4.69) is 5.32 Å². The summed E-state index contributed by atoms with van der Waals surface area (Å²) in [5, 5.41) is 2.83. The fourth-order valence-electron chi connectivity index (χ4n) is 1.86. The van der Waals surface area contributed by atoms with Gasteiger partial charge in [0.1, 0.15) is 0 Å². The Morgan fingerprint density at radius 1 is 1.05 bits per heavy atom. The van der Waals surface area contributed by atoms with Gasteiger partial charge < -0.3 is 5.32 Å². The first kappa shape index (κ1) is 14.5. The lowest BCUT2D eigenvalue weighted by Gasteiger charge is -2.07. The van der Waals surface area contributed by atoms with Crippen LogP contribution in [0.25, 0.3) is 0 Å². The SMILES string of the molecule is Cc1ccc(C(=O)CCC(=O)Nc2ccccc2C)s1. The van der Waals surface area contributed by atoms with Crippen molar-refractivity contribution in [2.24, 2.45) is 0 Å². The number of carbonyl (C=O) groups is 2. The van der Waals surface area contributed by atoms with E-state index in [-0.39, 0.29) is 24.5 Å². The van der Waals surface area contributed by atoms with Crippen molar-refractivity contribution in [1.82, 2.24) is 0 Å². The molecule has 1 N–H and O–H groups in total. The molecule has 20 heavy (non-hydrogen) atoms. The van der Waals surface area contributed by atoms with Crippen LogP contribution in [-0.2, 0) is 4.79 Å². The largest absolute Gasteiger partial charge is 0.326 e. The van der Waals surface area contributed by atoms with Crippen molar-refractivity contribution in [2.75, 3.05) is 5.32 Å². The van der Waals surface area contributed by atoms with Crippen LogP contribution < -0.4 is 5.32 Å². The molecule has 0 radical (unpaired) electrons. The number of anilines is 1. The van der Waals surface area contributed by atoms with Gasteiger partial charge in [0.25, 0.3) is 0 Å². The molecule has 0 aliphatic heterocycles. The zero-order chi connectivity index (χ0) is 14.5. The number of thiophene rings is 1. The molecular weight excluding hydrogens is 270 g/mol. The van der Waals surface area contributed by atoms with Gasteiger partial charge in [-0.15, -0.1) is 11.3 Å². The molecule has 1 amide bonds. The van der Waals surface area contributed by atoms with Crippen LogP contribution in [0.15, 0.2) is 36.4 Å². The van der Waals surface area contributed by atoms with Crippen LogP contribution >= 0.6 is 11.3 Å². The van der Waals surface area contributed by atoms with E-state index in [1.807, 2.05) is 50.2 Å². The van der Waals surface area contributed by atoms with Gasteiger partial charge in [-0.2, -0.15) is 0 Å². The Hall–Kier alpha value is -1.94. The van der Waals surface area contributed by atoms with Crippen molar-refractivity contribution in [3.63, 3.8) is 0 Å². The van der Waals surface area contributed by atoms with E-state index in [0.717, 1.165) is 21.0 Å². The Morgan fingerprint density at radius 3 is 2.45 bits per heavy atom. The van der Waals surface area contributed by atoms with E-state index in [1.165, 1.54) is 11.3 Å². The molecule has 0 saturated heterocycles. The first-order valence-corrected chi connectivity index (χ1v) is 7.33. The van der Waals surface area contributed by atoms with Crippen LogP contribution in [0.1, 0.15) is 33.0 Å². The van der Waals surface area contributed by atoms with E-state index in [9.17, 15) is 9.59 Å². The van der Waals surface area contributed by atoms with Gasteiger partial charge in [-0.25, -0.2) is 0 Å². The summed E-state index contributed by atoms with van der Waals surface area (Å²) < 4.78 is 0. The van der Waals surface area contributed by atoms with Crippen molar-refractivity contribution in [3.05, 3.63) is 51.7 Å². The number of aryl methyl sites for hydroxylation is 2. The summed E-state index contributed by atoms with van der Waals surface area (Å²) in [5.41, 5.74) is 1.82. The van der Waals surface area contributed by atoms with Crippen molar-refractivity contribution in [2.45, 2.75) is 26.7 Å². The third-order valence-electron chi connectivity index (χ3n) is 3.01. The highest BCUT2D eigenvalue weighted by atomic mass is 32.1. The van der Waals surface area contributed by atoms with Crippen LogP contribution in [0.4, 0.5) is 5.69 Å². The monoisotopic (exact) mass is 287 g/mol. The van der Waals surface area contributed by atoms with Gasteiger partial charge in [-0.05, 0) is 37.6 Å². The van der Waals surface area contributed by atoms with E-state index in [0.29, 0.717) is 0 Å². The molecule has 2 rings (SSSR count). The lowest BCUT2D eigenvalue weighted by atomic mass is 10.1. The average molecular weight is 287 g/mol. The molecule has 104 valence electrons. The molecule has 0 saturated carbocycles. The third kappa shape index (κ3) is 3.78. The number of Topliss-reactive ketones (excluding diaryl/α,β-unsaturated/α-hetero) is 1. The van der Waals surface area contributed by atoms with Gasteiger partial charge in [0, 0.05) is 23.4 Å². The molecule has 0 aliphatic carbocycles. The van der Waals surface area contributed by atoms with Crippen LogP contribution in [-0.4, -0.2) is 11.7 Å². The summed E-state index contributed by atoms with van der Waals surface area (Å²) >= 11 is 1.47. The number of nitrogens with one attached hydrogen (secondary N) is 1. The fraction of sp³-hybridized carbons (Fsp3) is 0.250. The van der Waals surface area contributed by atoms with Gasteiger partial charge in [-0.1, -0.05) is 18.2 Å². The molecule has 4 heteroatoms. The van der Waals surface area contributed by atoms with Gasteiger partial charge in [0.2, 0.25) is 5.91 Å². The topological polar surface area (TPSA) is 46.2 Å². The third-order valence-corrected chi connectivity index (χ3v) is 4.06. The Kier molecular flexibility index (Phi) is 4.69. The lowest BCUT2D eigenvalue weighted by molar-refractivity contribution is -0.116. The Balaban J connectivity index is 1.87. The van der Waals surface area contributed by atoms with Gasteiger partial charge in [0.15, 0.2) is 5.78 Å². The highest BCUT2D eigenvalue weighted by molar-refractivity contribution is 7.14. The van der Waals surface area contributed by atoms with Gasteiger partial charge >= 0.3 is 0 Å². The first-order chi connectivity index (χ1) is 9.56. The predicted octanol–water partition coefficient (Wildman–Crippen LogP) is 3.97. The predicted molar refractivity (Wildman–Crippen MR) is 82.4 cm³/mol. The number of hydrogen-bond donors (Lipinski definition) is 1. The minimum absolute atomic E-state index is 0.0306. The highest BCUT2D eigenvalue weighted by Crippen LogP contribution is 2.18. The Bertz CT molecular complexity index is 631. The van der Waals surface area contributed by atoms with E-state index < -0.39 is 0 Å². The molecule has 1 aromatic carbocycles. The first-order valence-electron chi connectivity index (χ1n) is 6.51. The summed E-state index contributed by atoms with van der Waals surface area (Å²) in [6.45, 7) is 3.90. The standard InChI is InChI=1S/C16H17NO2S/c1-11-5-3-4-6-13(11)17-16(19)10-8-14(18)15-9-7-12(2)20-15/h3-7,9H,8,10H2,1-2H3,(H,17,19). The Labute approximate surface area is 122 Å². The summed E-state index contributed by atoms with van der Waals surface area (Å²) in [6, 6.07) is 11.3. The van der Waals surface area contributed by atoms with Crippen LogP contribution in [0.3, 0.4) is 0 Å². The molecule has 0 aliphatic rings. The van der Waals surface area contributed by atoms with Crippen LogP contribution in [0.5, 0.6) is 0 Å². The maximum absolute atomic E-state index is 11.9. The maximum Gasteiger partial charge on any atom is 0.224 e. The number of carbonyl (C=O) groups excluding carboxylic acids is 2. The van der Waals surface area contributed by atoms with Crippen LogP contribution in [0.2, 0.25) is 0 Å². The number of amides is 1. The second kappa shape index (κ2) is 6.48. The number of rotatable bonds is 5. The van der Waals surface area contributed by atoms with E-state index in [1.54, 1.807) is 0 Å². The van der Waals surface area contributed by atoms with Crippen molar-refractivity contribution in [3.8, 4) is 0 Å². The molecule has 1 heterocycles. The van der Waals surface area contributed by atoms with Crippen molar-refractivity contribution < 1.29 is 9.59 Å². The molecule has 1 aromatic heterocycles. The smallest absolute Gasteiger partial charge is 0.224 e. The van der Waals surface area contributed by atoms with Crippen molar-refractivity contribution >= 4 is 28.7 Å². The second-order valence-corrected chi connectivity index (χ2v) is 5.98. The van der Waals surface area contributed by atoms with Crippen molar-refractivity contribution in [1.29, 1.82) is 0 Å². The zero-order valence-corrected chi connectivity index (χ0v) is 12.4. The lowest BCUT2D eigenvalue weighted by Crippen LogP contribution is -2.13. The molecule has 0 bridgehead atoms. The quantitative estimate of drug-likeness (QED) is 0.846. The van der Waals surface area contributed by atoms with Crippen LogP contribution in [0, 0.1) is 13.8 Å². The summed E-state index contributed by atoms with van der Waals surface area (Å²) in [6.07, 6.45) is 0.460. The number of hydrogen-bond acceptors (Lipinski definition) is 3. The molecular formula is C16H17NO2S. The summed E-state index contributed by atoms with van der Waals surface area (Å²) in [5.74, 6) is -0.0936. The zero-order valence-electron chi connectivity index (χ0n) is 11.6. The molecule has 0 atom stereocenters.